The Balaban J connectivity index is 1.53. The molecule has 176 valence electrons. The van der Waals surface area contributed by atoms with Gasteiger partial charge in [0.15, 0.2) is 0 Å². The number of nitrogens with one attached hydrogen (secondary N) is 1. The Hall–Kier alpha value is -3.92. The lowest BCUT2D eigenvalue weighted by Gasteiger charge is -2.28. The summed E-state index contributed by atoms with van der Waals surface area (Å²) in [5.74, 6) is 0.867. The van der Waals surface area contributed by atoms with E-state index in [1.807, 2.05) is 18.2 Å². The third-order valence-corrected chi connectivity index (χ3v) is 5.86. The number of nitrogens with zero attached hydrogens (tertiary/aromatic N) is 4. The zero-order chi connectivity index (χ0) is 23.7. The summed E-state index contributed by atoms with van der Waals surface area (Å²) < 4.78 is 27.4. The monoisotopic (exact) mass is 465 g/mol. The van der Waals surface area contributed by atoms with Gasteiger partial charge in [-0.2, -0.15) is 0 Å². The summed E-state index contributed by atoms with van der Waals surface area (Å²) in [6.45, 7) is 2.91. The minimum atomic E-state index is -0.378. The first kappa shape index (κ1) is 21.9. The van der Waals surface area contributed by atoms with Crippen molar-refractivity contribution < 1.29 is 13.9 Å². The SMILES string of the molecule is Cn1[nH]c2cc(=O)n(Cc3cccc(N4CCOCC4)n3)c(COc3ccc(F)cc3)c2c1=O. The number of benzene rings is 1. The highest BCUT2D eigenvalue weighted by Gasteiger charge is 2.18. The number of rotatable bonds is 6. The zero-order valence-corrected chi connectivity index (χ0v) is 18.7. The lowest BCUT2D eigenvalue weighted by Crippen LogP contribution is -2.37. The largest absolute Gasteiger partial charge is 0.487 e. The second kappa shape index (κ2) is 9.14. The molecule has 0 aliphatic carbocycles. The smallest absolute Gasteiger partial charge is 0.276 e. The minimum Gasteiger partial charge on any atom is -0.487 e. The third kappa shape index (κ3) is 4.32. The van der Waals surface area contributed by atoms with Crippen molar-refractivity contribution in [3.05, 3.63) is 86.4 Å². The van der Waals surface area contributed by atoms with Crippen LogP contribution in [0.25, 0.3) is 10.9 Å². The van der Waals surface area contributed by atoms with Gasteiger partial charge in [0.2, 0.25) is 0 Å². The van der Waals surface area contributed by atoms with Crippen LogP contribution < -0.4 is 20.8 Å². The number of morpholine rings is 1. The first-order valence-electron chi connectivity index (χ1n) is 11.0. The number of anilines is 1. The van der Waals surface area contributed by atoms with Crippen LogP contribution in [-0.2, 0) is 24.9 Å². The average Bonchev–Trinajstić information content (AvgIpc) is 3.13. The summed E-state index contributed by atoms with van der Waals surface area (Å²) in [6, 6.07) is 12.7. The Labute approximate surface area is 194 Å². The van der Waals surface area contributed by atoms with E-state index in [9.17, 15) is 14.0 Å². The number of hydrogen-bond acceptors (Lipinski definition) is 6. The van der Waals surface area contributed by atoms with E-state index in [2.05, 4.69) is 10.00 Å². The van der Waals surface area contributed by atoms with Crippen LogP contribution in [0.4, 0.5) is 10.2 Å². The molecular weight excluding hydrogens is 441 g/mol. The Kier molecular flexibility index (Phi) is 5.89. The Bertz CT molecular complexity index is 1430. The topological polar surface area (TPSA) is 94.4 Å². The number of aromatic nitrogens is 4. The van der Waals surface area contributed by atoms with Crippen LogP contribution in [0.15, 0.2) is 58.1 Å². The first-order chi connectivity index (χ1) is 16.5. The Morgan fingerprint density at radius 3 is 2.65 bits per heavy atom. The number of ether oxygens (including phenoxy) is 2. The molecule has 1 fully saturated rings. The number of H-pyrrole nitrogens is 1. The molecule has 1 saturated heterocycles. The molecule has 4 aromatic rings. The van der Waals surface area contributed by atoms with Crippen LogP contribution in [-0.4, -0.2) is 45.6 Å². The maximum Gasteiger partial charge on any atom is 0.276 e. The second-order valence-electron chi connectivity index (χ2n) is 8.11. The fourth-order valence-electron chi connectivity index (χ4n) is 4.11. The molecule has 1 aliphatic heterocycles. The maximum absolute atomic E-state index is 13.3. The minimum absolute atomic E-state index is 0.0472. The van der Waals surface area contributed by atoms with Gasteiger partial charge in [0, 0.05) is 26.2 Å². The highest BCUT2D eigenvalue weighted by atomic mass is 19.1. The van der Waals surface area contributed by atoms with Crippen LogP contribution in [0.5, 0.6) is 5.75 Å². The summed E-state index contributed by atoms with van der Waals surface area (Å²) in [4.78, 5) is 32.8. The molecule has 4 heterocycles. The highest BCUT2D eigenvalue weighted by Crippen LogP contribution is 2.19. The van der Waals surface area contributed by atoms with Crippen molar-refractivity contribution in [2.45, 2.75) is 13.2 Å². The van der Waals surface area contributed by atoms with Crippen LogP contribution in [0.1, 0.15) is 11.4 Å². The van der Waals surface area contributed by atoms with Gasteiger partial charge in [-0.1, -0.05) is 6.07 Å². The van der Waals surface area contributed by atoms with Gasteiger partial charge in [-0.3, -0.25) is 19.4 Å². The van der Waals surface area contributed by atoms with Gasteiger partial charge in [0.05, 0.1) is 42.0 Å². The lowest BCUT2D eigenvalue weighted by molar-refractivity contribution is 0.122. The molecule has 1 aromatic carbocycles. The van der Waals surface area contributed by atoms with Crippen LogP contribution in [0.3, 0.4) is 0 Å². The van der Waals surface area contributed by atoms with Crippen molar-refractivity contribution in [3.8, 4) is 5.75 Å². The molecule has 9 nitrogen and oxygen atoms in total. The summed E-state index contributed by atoms with van der Waals surface area (Å²) >= 11 is 0. The molecule has 0 radical (unpaired) electrons. The summed E-state index contributed by atoms with van der Waals surface area (Å²) in [6.07, 6.45) is 0. The van der Waals surface area contributed by atoms with Gasteiger partial charge >= 0.3 is 0 Å². The van der Waals surface area contributed by atoms with E-state index < -0.39 is 0 Å². The molecule has 0 saturated carbocycles. The fraction of sp³-hybridized carbons (Fsp3) is 0.292. The Morgan fingerprint density at radius 1 is 1.12 bits per heavy atom. The number of fused-ring (bicyclic) bond motifs is 1. The van der Waals surface area contributed by atoms with E-state index in [0.717, 1.165) is 18.9 Å². The summed E-state index contributed by atoms with van der Waals surface area (Å²) in [5, 5.41) is 3.28. The van der Waals surface area contributed by atoms with E-state index in [4.69, 9.17) is 14.5 Å². The number of halogens is 1. The van der Waals surface area contributed by atoms with Crippen LogP contribution in [0, 0.1) is 5.82 Å². The van der Waals surface area contributed by atoms with Gasteiger partial charge in [-0.25, -0.2) is 9.37 Å². The molecule has 0 spiro atoms. The van der Waals surface area contributed by atoms with Gasteiger partial charge in [0.1, 0.15) is 24.0 Å². The van der Waals surface area contributed by atoms with E-state index in [1.54, 1.807) is 7.05 Å². The molecule has 0 atom stereocenters. The predicted molar refractivity (Wildman–Crippen MR) is 125 cm³/mol. The molecule has 0 bridgehead atoms. The van der Waals surface area contributed by atoms with E-state index in [0.29, 0.717) is 41.3 Å². The molecule has 0 unspecified atom stereocenters. The van der Waals surface area contributed by atoms with Gasteiger partial charge in [-0.05, 0) is 36.4 Å². The lowest BCUT2D eigenvalue weighted by atomic mass is 10.2. The standard InChI is InChI=1S/C24H24FN5O4/c1-28-24(32)23-19(27-28)13-22(31)30(20(23)15-34-18-7-5-16(25)6-8-18)14-17-3-2-4-21(26-17)29-9-11-33-12-10-29/h2-8,13,27H,9-12,14-15H2,1H3. The van der Waals surface area contributed by atoms with Crippen molar-refractivity contribution in [3.63, 3.8) is 0 Å². The van der Waals surface area contributed by atoms with Crippen molar-refractivity contribution in [2.75, 3.05) is 31.2 Å². The number of aromatic amines is 1. The third-order valence-electron chi connectivity index (χ3n) is 5.86. The van der Waals surface area contributed by atoms with E-state index in [1.165, 1.54) is 39.6 Å². The Morgan fingerprint density at radius 2 is 1.88 bits per heavy atom. The quantitative estimate of drug-likeness (QED) is 0.468. The van der Waals surface area contributed by atoms with Gasteiger partial charge < -0.3 is 18.9 Å². The molecule has 10 heteroatoms. The number of hydrogen-bond donors (Lipinski definition) is 1. The average molecular weight is 465 g/mol. The van der Waals surface area contributed by atoms with Crippen LogP contribution >= 0.6 is 0 Å². The first-order valence-corrected chi connectivity index (χ1v) is 11.0. The van der Waals surface area contributed by atoms with Crippen LogP contribution in [0.2, 0.25) is 0 Å². The normalized spacial score (nSPS) is 14.0. The number of pyridine rings is 2. The molecular formula is C24H24FN5O4. The second-order valence-corrected chi connectivity index (χ2v) is 8.11. The molecule has 3 aromatic heterocycles. The van der Waals surface area contributed by atoms with Gasteiger partial charge in [0.25, 0.3) is 11.1 Å². The van der Waals surface area contributed by atoms with Crippen molar-refractivity contribution in [1.29, 1.82) is 0 Å². The summed E-state index contributed by atoms with van der Waals surface area (Å²) in [5.41, 5.74) is 0.983. The van der Waals surface area contributed by atoms with E-state index >= 15 is 0 Å². The number of aryl methyl sites for hydroxylation is 1. The molecule has 0 amide bonds. The van der Waals surface area contributed by atoms with Crippen molar-refractivity contribution >= 4 is 16.7 Å². The maximum atomic E-state index is 13.3. The van der Waals surface area contributed by atoms with Crippen molar-refractivity contribution in [2.24, 2.45) is 7.05 Å². The fourth-order valence-corrected chi connectivity index (χ4v) is 4.11. The molecule has 1 aliphatic rings. The zero-order valence-electron chi connectivity index (χ0n) is 18.7. The van der Waals surface area contributed by atoms with E-state index in [-0.39, 0.29) is 30.1 Å². The van der Waals surface area contributed by atoms with Gasteiger partial charge in [-0.15, -0.1) is 0 Å². The predicted octanol–water partition coefficient (Wildman–Crippen LogP) is 2.03. The summed E-state index contributed by atoms with van der Waals surface area (Å²) in [7, 11) is 1.59. The van der Waals surface area contributed by atoms with Crippen molar-refractivity contribution in [1.82, 2.24) is 19.3 Å². The molecule has 34 heavy (non-hydrogen) atoms. The highest BCUT2D eigenvalue weighted by molar-refractivity contribution is 5.80. The molecule has 5 rings (SSSR count). The molecule has 1 N–H and O–H groups in total.